The van der Waals surface area contributed by atoms with Crippen molar-refractivity contribution in [3.63, 3.8) is 0 Å². The Labute approximate surface area is 320 Å². The molecule has 1 saturated carbocycles. The van der Waals surface area contributed by atoms with Gasteiger partial charge in [-0.1, -0.05) is 86.3 Å². The number of anilines is 1. The summed E-state index contributed by atoms with van der Waals surface area (Å²) in [7, 11) is -5.46. The van der Waals surface area contributed by atoms with E-state index in [-0.39, 0.29) is 46.2 Å². The summed E-state index contributed by atoms with van der Waals surface area (Å²) >= 11 is 12.2. The number of rotatable bonds is 13. The number of carbonyl (C=O) groups is 2. The lowest BCUT2D eigenvalue weighted by molar-refractivity contribution is -0.119. The first-order valence-electron chi connectivity index (χ1n) is 16.5. The van der Waals surface area contributed by atoms with Crippen LogP contribution in [-0.4, -0.2) is 42.9 Å². The normalized spacial score (nSPS) is 13.1. The van der Waals surface area contributed by atoms with Crippen molar-refractivity contribution in [1.82, 2.24) is 4.31 Å². The molecule has 0 spiro atoms. The highest BCUT2D eigenvalue weighted by molar-refractivity contribution is 7.89. The average Bonchev–Trinajstić information content (AvgIpc) is 3.97. The zero-order valence-electron chi connectivity index (χ0n) is 29.2. The molecule has 0 unspecified atom stereocenters. The van der Waals surface area contributed by atoms with Gasteiger partial charge >= 0.3 is 5.97 Å². The number of terminal acetylenes is 1. The predicted molar refractivity (Wildman–Crippen MR) is 196 cm³/mol. The van der Waals surface area contributed by atoms with Crippen LogP contribution in [0.25, 0.3) is 0 Å². The molecule has 0 atom stereocenters. The van der Waals surface area contributed by atoms with Crippen LogP contribution < -0.4 is 9.64 Å². The van der Waals surface area contributed by atoms with Crippen LogP contribution in [0.4, 0.5) is 23.2 Å². The average molecular weight is 806 g/mol. The molecule has 15 heteroatoms. The van der Waals surface area contributed by atoms with Crippen molar-refractivity contribution >= 4 is 50.8 Å². The number of carboxylic acids is 1. The Morgan fingerprint density at radius 2 is 1.61 bits per heavy atom. The van der Waals surface area contributed by atoms with Crippen LogP contribution in [0.3, 0.4) is 0 Å². The minimum atomic E-state index is -5.46. The molecule has 4 aromatic rings. The number of benzene rings is 4. The molecular formula is C39H34Cl2F4N2O6S. The number of carboxylic acid groups (broad SMARTS) is 1. The maximum absolute atomic E-state index is 15.3. The summed E-state index contributed by atoms with van der Waals surface area (Å²) in [6.45, 7) is 3.66. The third-order valence-electron chi connectivity index (χ3n) is 8.76. The molecule has 4 aromatic carbocycles. The summed E-state index contributed by atoms with van der Waals surface area (Å²) in [5.74, 6) is -9.06. The van der Waals surface area contributed by atoms with Gasteiger partial charge < -0.3 is 14.7 Å². The Balaban J connectivity index is 1.69. The minimum Gasteiger partial charge on any atom is -0.479 e. The van der Waals surface area contributed by atoms with Crippen LogP contribution in [0.1, 0.15) is 72.1 Å². The molecule has 1 amide bonds. The first-order chi connectivity index (χ1) is 25.3. The van der Waals surface area contributed by atoms with Crippen molar-refractivity contribution in [2.45, 2.75) is 62.9 Å². The zero-order chi connectivity index (χ0) is 39.7. The molecule has 284 valence electrons. The predicted octanol–water partition coefficient (Wildman–Crippen LogP) is 8.86. The molecule has 0 heterocycles. The molecule has 1 fully saturated rings. The first-order valence-corrected chi connectivity index (χ1v) is 18.7. The van der Waals surface area contributed by atoms with Crippen molar-refractivity contribution in [2.75, 3.05) is 18.1 Å². The van der Waals surface area contributed by atoms with Gasteiger partial charge in [-0.3, -0.25) is 4.79 Å². The molecule has 8 nitrogen and oxygen atoms in total. The lowest BCUT2D eigenvalue weighted by Crippen LogP contribution is -2.43. The van der Waals surface area contributed by atoms with E-state index in [0.29, 0.717) is 15.8 Å². The van der Waals surface area contributed by atoms with Gasteiger partial charge in [0.1, 0.15) is 22.3 Å². The van der Waals surface area contributed by atoms with Gasteiger partial charge in [0.2, 0.25) is 15.9 Å². The molecule has 0 aliphatic heterocycles. The molecule has 1 aliphatic rings. The van der Waals surface area contributed by atoms with Crippen LogP contribution in [0.2, 0.25) is 10.0 Å². The highest BCUT2D eigenvalue weighted by Crippen LogP contribution is 2.42. The van der Waals surface area contributed by atoms with E-state index in [9.17, 15) is 36.3 Å². The largest absolute Gasteiger partial charge is 0.479 e. The number of amides is 1. The number of nitrogens with zero attached hydrogens (tertiary/aromatic N) is 2. The lowest BCUT2D eigenvalue weighted by Gasteiger charge is -2.30. The Hall–Kier alpha value is -4.61. The fourth-order valence-electron chi connectivity index (χ4n) is 5.71. The van der Waals surface area contributed by atoms with Gasteiger partial charge in [-0.15, -0.1) is 6.42 Å². The van der Waals surface area contributed by atoms with Crippen molar-refractivity contribution in [3.8, 4) is 18.1 Å². The molecule has 0 radical (unpaired) electrons. The summed E-state index contributed by atoms with van der Waals surface area (Å²) in [6.07, 6.45) is 7.36. The van der Waals surface area contributed by atoms with E-state index in [1.807, 2.05) is 32.9 Å². The van der Waals surface area contributed by atoms with E-state index >= 15 is 4.39 Å². The van der Waals surface area contributed by atoms with E-state index < -0.39 is 68.2 Å². The Morgan fingerprint density at radius 3 is 2.22 bits per heavy atom. The van der Waals surface area contributed by atoms with E-state index in [2.05, 4.69) is 12.0 Å². The van der Waals surface area contributed by atoms with Crippen LogP contribution in [-0.2, 0) is 33.3 Å². The van der Waals surface area contributed by atoms with Gasteiger partial charge in [0.15, 0.2) is 23.3 Å². The van der Waals surface area contributed by atoms with E-state index in [4.69, 9.17) is 34.4 Å². The second-order valence-electron chi connectivity index (χ2n) is 13.7. The maximum Gasteiger partial charge on any atom is 0.335 e. The van der Waals surface area contributed by atoms with E-state index in [1.54, 1.807) is 6.07 Å². The minimum absolute atomic E-state index is 0.00689. The Bertz CT molecular complexity index is 2260. The second-order valence-corrected chi connectivity index (χ2v) is 16.4. The van der Waals surface area contributed by atoms with Crippen LogP contribution >= 0.6 is 23.2 Å². The first kappa shape index (κ1) is 40.6. The van der Waals surface area contributed by atoms with Crippen LogP contribution in [0.5, 0.6) is 5.75 Å². The van der Waals surface area contributed by atoms with Gasteiger partial charge in [-0.2, -0.15) is 4.31 Å². The lowest BCUT2D eigenvalue weighted by atomic mass is 9.84. The molecule has 0 saturated heterocycles. The van der Waals surface area contributed by atoms with Gasteiger partial charge in [0.25, 0.3) is 0 Å². The molecule has 1 aliphatic carbocycles. The fraction of sp³-hybridized carbons (Fsp3) is 0.282. The summed E-state index contributed by atoms with van der Waals surface area (Å²) < 4.78 is 93.0. The highest BCUT2D eigenvalue weighted by atomic mass is 35.5. The summed E-state index contributed by atoms with van der Waals surface area (Å²) in [5, 5.41) is 8.17. The number of hydrogen-bond acceptors (Lipinski definition) is 5. The second kappa shape index (κ2) is 16.0. The van der Waals surface area contributed by atoms with Crippen molar-refractivity contribution in [3.05, 3.63) is 122 Å². The molecule has 0 aromatic heterocycles. The number of carbonyl (C=O) groups excluding carboxylic acids is 1. The number of hydrogen-bond donors (Lipinski definition) is 1. The van der Waals surface area contributed by atoms with E-state index in [1.165, 1.54) is 30.3 Å². The summed E-state index contributed by atoms with van der Waals surface area (Å²) in [6, 6.07) is 15.4. The third-order valence-corrected chi connectivity index (χ3v) is 11.4. The monoisotopic (exact) mass is 804 g/mol. The molecule has 0 bridgehead atoms. The smallest absolute Gasteiger partial charge is 0.335 e. The Kier molecular flexibility index (Phi) is 12.0. The van der Waals surface area contributed by atoms with Gasteiger partial charge in [0.05, 0.1) is 24.3 Å². The standard InChI is InChI=1S/C39H34Cl2F4N2O6S/c1-5-14-53-30-18-24(38(49)50)12-13-29(30)47(19-22-15-26(23-10-11-23)17-27(16-22)39(2,3)4)31(48)21-46(20-25-8-6-7-9-28(25)40)54(51,52)37-32(41)33(42)34(43)35(44)36(37)45/h1,6-9,12-13,15-18,23H,10-11,14,19-21H2,2-4H3,(H,49,50). The molecular weight excluding hydrogens is 771 g/mol. The number of ether oxygens (including phenoxy) is 1. The van der Waals surface area contributed by atoms with Gasteiger partial charge in [-0.25, -0.2) is 30.8 Å². The van der Waals surface area contributed by atoms with Crippen LogP contribution in [0, 0.1) is 35.6 Å². The van der Waals surface area contributed by atoms with Crippen molar-refractivity contribution in [2.24, 2.45) is 0 Å². The summed E-state index contributed by atoms with van der Waals surface area (Å²) in [5.41, 5.74) is 2.18. The molecule has 1 N–H and O–H groups in total. The maximum atomic E-state index is 15.3. The zero-order valence-corrected chi connectivity index (χ0v) is 31.6. The quantitative estimate of drug-likeness (QED) is 0.0627. The molecule has 54 heavy (non-hydrogen) atoms. The van der Waals surface area contributed by atoms with Crippen molar-refractivity contribution in [1.29, 1.82) is 0 Å². The highest BCUT2D eigenvalue weighted by Gasteiger charge is 2.38. The number of aromatic carboxylic acids is 1. The number of halogens is 6. The van der Waals surface area contributed by atoms with Crippen LogP contribution in [0.15, 0.2) is 65.6 Å². The third kappa shape index (κ3) is 8.68. The van der Waals surface area contributed by atoms with E-state index in [0.717, 1.165) is 34.9 Å². The van der Waals surface area contributed by atoms with Gasteiger partial charge in [-0.05, 0) is 70.7 Å². The Morgan fingerprint density at radius 1 is 0.944 bits per heavy atom. The molecule has 5 rings (SSSR count). The fourth-order valence-corrected chi connectivity index (χ4v) is 7.84. The SMILES string of the molecule is C#CCOc1cc(C(=O)O)ccc1N(Cc1cc(C2CC2)cc(C(C)(C)C)c1)C(=O)CN(Cc1ccccc1Cl)S(=O)(=O)c1c(F)c(F)c(F)c(F)c1Cl. The van der Waals surface area contributed by atoms with Crippen molar-refractivity contribution < 1.29 is 45.4 Å². The van der Waals surface area contributed by atoms with Gasteiger partial charge in [0, 0.05) is 11.6 Å². The number of sulfonamides is 1. The summed E-state index contributed by atoms with van der Waals surface area (Å²) in [4.78, 5) is 26.0. The topological polar surface area (TPSA) is 104 Å².